The molecule has 0 radical (unpaired) electrons. The fourth-order valence-corrected chi connectivity index (χ4v) is 3.53. The number of alkyl halides is 3. The van der Waals surface area contributed by atoms with Crippen molar-refractivity contribution in [3.8, 4) is 0 Å². The number of rotatable bonds is 4. The number of halogens is 3. The molecule has 0 fully saturated rings. The van der Waals surface area contributed by atoms with Crippen molar-refractivity contribution in [3.05, 3.63) is 23.2 Å². The Labute approximate surface area is 150 Å². The molecule has 140 valence electrons. The van der Waals surface area contributed by atoms with Crippen LogP contribution in [0.5, 0.6) is 0 Å². The van der Waals surface area contributed by atoms with Crippen molar-refractivity contribution in [2.75, 3.05) is 23.2 Å². The number of nitrogens with one attached hydrogen (secondary N) is 1. The molecule has 1 aromatic carbocycles. The second kappa shape index (κ2) is 6.79. The molecule has 0 bridgehead atoms. The first-order chi connectivity index (χ1) is 12.2. The summed E-state index contributed by atoms with van der Waals surface area (Å²) in [4.78, 5) is 1.84. The average molecular weight is 406 g/mol. The van der Waals surface area contributed by atoms with E-state index in [0.717, 1.165) is 11.3 Å². The molecule has 2 aromatic rings. The number of hydrogen-bond acceptors (Lipinski definition) is 8. The van der Waals surface area contributed by atoms with Crippen LogP contribution in [0, 0.1) is 0 Å². The number of sulfonamides is 1. The number of aromatic nitrogens is 2. The third kappa shape index (κ3) is 3.62. The van der Waals surface area contributed by atoms with Gasteiger partial charge in [-0.1, -0.05) is 11.3 Å². The molecule has 8 nitrogen and oxygen atoms in total. The summed E-state index contributed by atoms with van der Waals surface area (Å²) in [6, 6.07) is 3.09. The molecule has 13 heteroatoms. The van der Waals surface area contributed by atoms with Crippen LogP contribution >= 0.6 is 11.3 Å². The van der Waals surface area contributed by atoms with Crippen molar-refractivity contribution in [2.24, 2.45) is 10.2 Å². The second-order valence-electron chi connectivity index (χ2n) is 5.46. The summed E-state index contributed by atoms with van der Waals surface area (Å²) in [6.45, 7) is 0.712. The molecule has 2 heterocycles. The van der Waals surface area contributed by atoms with E-state index in [9.17, 15) is 21.6 Å². The molecule has 0 saturated heterocycles. The lowest BCUT2D eigenvalue weighted by Crippen LogP contribution is -2.31. The smallest absolute Gasteiger partial charge is 0.374 e. The lowest BCUT2D eigenvalue weighted by atomic mass is 9.99. The van der Waals surface area contributed by atoms with E-state index in [4.69, 9.17) is 0 Å². The number of hydrogen-bond donors (Lipinski definition) is 1. The van der Waals surface area contributed by atoms with Gasteiger partial charge in [0.25, 0.3) is 5.13 Å². The Morgan fingerprint density at radius 3 is 2.73 bits per heavy atom. The Morgan fingerprint density at radius 1 is 1.31 bits per heavy atom. The van der Waals surface area contributed by atoms with E-state index in [1.54, 1.807) is 17.8 Å². The number of anilines is 2. The topological polar surface area (TPSA) is 99.9 Å². The minimum atomic E-state index is -5.59. The van der Waals surface area contributed by atoms with Crippen LogP contribution in [-0.4, -0.2) is 37.7 Å². The van der Waals surface area contributed by atoms with E-state index in [0.29, 0.717) is 30.6 Å². The van der Waals surface area contributed by atoms with E-state index in [2.05, 4.69) is 20.4 Å². The van der Waals surface area contributed by atoms with Crippen LogP contribution in [0.1, 0.15) is 12.0 Å². The van der Waals surface area contributed by atoms with Gasteiger partial charge in [0.15, 0.2) is 0 Å². The van der Waals surface area contributed by atoms with Gasteiger partial charge in [-0.25, -0.2) is 0 Å². The summed E-state index contributed by atoms with van der Waals surface area (Å²) in [5, 5.41) is 15.1. The molecule has 1 aliphatic heterocycles. The van der Waals surface area contributed by atoms with Gasteiger partial charge in [0, 0.05) is 24.8 Å². The SMILES string of the molecule is CN1CCCc2c1ccc(N=Nc1nncs1)c2NS(=O)(=O)C(F)(F)F. The van der Waals surface area contributed by atoms with Gasteiger partial charge in [-0.05, 0) is 25.0 Å². The maximum Gasteiger partial charge on any atom is 0.516 e. The lowest BCUT2D eigenvalue weighted by Gasteiger charge is -2.29. The van der Waals surface area contributed by atoms with Gasteiger partial charge >= 0.3 is 15.5 Å². The molecule has 0 saturated carbocycles. The van der Waals surface area contributed by atoms with Gasteiger partial charge < -0.3 is 4.90 Å². The maximum atomic E-state index is 12.8. The molecule has 1 aliphatic rings. The molecule has 26 heavy (non-hydrogen) atoms. The number of fused-ring (bicyclic) bond motifs is 1. The van der Waals surface area contributed by atoms with Gasteiger partial charge in [0.2, 0.25) is 0 Å². The Kier molecular flexibility index (Phi) is 4.84. The molecule has 3 rings (SSSR count). The van der Waals surface area contributed by atoms with E-state index < -0.39 is 15.5 Å². The van der Waals surface area contributed by atoms with Crippen LogP contribution in [0.15, 0.2) is 27.9 Å². The van der Waals surface area contributed by atoms with Crippen LogP contribution in [0.2, 0.25) is 0 Å². The molecule has 1 N–H and O–H groups in total. The van der Waals surface area contributed by atoms with Crippen LogP contribution in [0.25, 0.3) is 0 Å². The van der Waals surface area contributed by atoms with E-state index >= 15 is 0 Å². The first-order valence-corrected chi connectivity index (χ1v) is 9.69. The zero-order valence-electron chi connectivity index (χ0n) is 13.4. The van der Waals surface area contributed by atoms with E-state index in [-0.39, 0.29) is 16.5 Å². The lowest BCUT2D eigenvalue weighted by molar-refractivity contribution is -0.0429. The number of azo groups is 1. The summed E-state index contributed by atoms with van der Waals surface area (Å²) in [5.74, 6) is 0. The van der Waals surface area contributed by atoms with Crippen LogP contribution < -0.4 is 9.62 Å². The zero-order chi connectivity index (χ0) is 18.9. The van der Waals surface area contributed by atoms with Gasteiger partial charge in [-0.15, -0.1) is 20.4 Å². The van der Waals surface area contributed by atoms with Gasteiger partial charge in [-0.2, -0.15) is 21.6 Å². The second-order valence-corrected chi connectivity index (χ2v) is 7.94. The minimum Gasteiger partial charge on any atom is -0.374 e. The molecular formula is C13H13F3N6O2S2. The number of nitrogens with zero attached hydrogens (tertiary/aromatic N) is 5. The van der Waals surface area contributed by atoms with Crippen molar-refractivity contribution < 1.29 is 21.6 Å². The van der Waals surface area contributed by atoms with Crippen LogP contribution in [0.4, 0.5) is 35.4 Å². The van der Waals surface area contributed by atoms with Crippen molar-refractivity contribution in [1.82, 2.24) is 10.2 Å². The molecule has 0 atom stereocenters. The standard InChI is InChI=1S/C13H13F3N6O2S2/c1-22-6-2-3-8-10(22)5-4-9(18-20-12-19-17-7-25-12)11(8)21-26(23,24)13(14,15)16/h4-5,7,21H,2-3,6H2,1H3. The fraction of sp³-hybridized carbons (Fsp3) is 0.385. The Hall–Kier alpha value is -2.28. The Balaban J connectivity index is 2.10. The van der Waals surface area contributed by atoms with Gasteiger partial charge in [0.1, 0.15) is 11.2 Å². The first-order valence-electron chi connectivity index (χ1n) is 7.33. The Bertz CT molecular complexity index is 928. The van der Waals surface area contributed by atoms with Crippen LogP contribution in [-0.2, 0) is 16.4 Å². The summed E-state index contributed by atoms with van der Waals surface area (Å²) in [5.41, 5.74) is -3.18. The first kappa shape index (κ1) is 18.5. The summed E-state index contributed by atoms with van der Waals surface area (Å²) >= 11 is 1.09. The van der Waals surface area contributed by atoms with Crippen molar-refractivity contribution in [2.45, 2.75) is 18.3 Å². The third-order valence-corrected chi connectivity index (χ3v) is 5.39. The van der Waals surface area contributed by atoms with Crippen molar-refractivity contribution >= 4 is 43.6 Å². The predicted octanol–water partition coefficient (Wildman–Crippen LogP) is 3.60. The maximum absolute atomic E-state index is 12.8. The molecular weight excluding hydrogens is 393 g/mol. The highest BCUT2D eigenvalue weighted by Crippen LogP contribution is 2.41. The predicted molar refractivity (Wildman–Crippen MR) is 90.7 cm³/mol. The molecule has 0 spiro atoms. The summed E-state index contributed by atoms with van der Waals surface area (Å²) in [7, 11) is -3.81. The molecule has 0 amide bonds. The van der Waals surface area contributed by atoms with Crippen molar-refractivity contribution in [1.29, 1.82) is 0 Å². The minimum absolute atomic E-state index is 0.0259. The highest BCUT2D eigenvalue weighted by atomic mass is 32.2. The van der Waals surface area contributed by atoms with Crippen LogP contribution in [0.3, 0.4) is 0 Å². The van der Waals surface area contributed by atoms with Crippen molar-refractivity contribution in [3.63, 3.8) is 0 Å². The quantitative estimate of drug-likeness (QED) is 0.782. The Morgan fingerprint density at radius 2 is 2.08 bits per heavy atom. The summed E-state index contributed by atoms with van der Waals surface area (Å²) < 4.78 is 63.4. The normalized spacial score (nSPS) is 15.3. The highest BCUT2D eigenvalue weighted by Gasteiger charge is 2.46. The van der Waals surface area contributed by atoms with Gasteiger partial charge in [-0.3, -0.25) is 4.72 Å². The van der Waals surface area contributed by atoms with E-state index in [1.807, 2.05) is 4.90 Å². The summed E-state index contributed by atoms with van der Waals surface area (Å²) in [6.07, 6.45) is 1.08. The molecule has 0 aliphatic carbocycles. The zero-order valence-corrected chi connectivity index (χ0v) is 15.0. The largest absolute Gasteiger partial charge is 0.516 e. The fourth-order valence-electron chi connectivity index (χ4n) is 2.55. The molecule has 0 unspecified atom stereocenters. The van der Waals surface area contributed by atoms with Gasteiger partial charge in [0.05, 0.1) is 5.69 Å². The highest BCUT2D eigenvalue weighted by molar-refractivity contribution is 7.93. The average Bonchev–Trinajstić information content (AvgIpc) is 3.06. The van der Waals surface area contributed by atoms with E-state index in [1.165, 1.54) is 11.6 Å². The third-order valence-electron chi connectivity index (χ3n) is 3.73. The monoisotopic (exact) mass is 406 g/mol. The molecule has 1 aromatic heterocycles. The number of benzene rings is 1.